The monoisotopic (exact) mass is 580 g/mol. The second kappa shape index (κ2) is 17.8. The fraction of sp³-hybridized carbons (Fsp3) is 0.621. The minimum Gasteiger partial charge on any atom is -0.481 e. The molecule has 2 aliphatic heterocycles. The van der Waals surface area contributed by atoms with Gasteiger partial charge in [-0.3, -0.25) is 4.79 Å². The summed E-state index contributed by atoms with van der Waals surface area (Å²) in [6.07, 6.45) is 6.65. The average molecular weight is 581 g/mol. The molecule has 10 nitrogen and oxygen atoms in total. The molecule has 11 heteroatoms. The van der Waals surface area contributed by atoms with Gasteiger partial charge < -0.3 is 33.9 Å². The number of hydrogen-bond donors (Lipinski definition) is 1. The molecule has 40 heavy (non-hydrogen) atoms. The SMILES string of the molecule is CC.CC(=O)O.COCCCO[C@H]1CN(c2ccc(OC3CCN(c4cc(OC)ncc4Cl)CC3)nc2)CC1C. The van der Waals surface area contributed by atoms with E-state index >= 15 is 0 Å². The number of aliphatic carboxylic acids is 1. The van der Waals surface area contributed by atoms with E-state index in [4.69, 9.17) is 40.4 Å². The lowest BCUT2D eigenvalue weighted by molar-refractivity contribution is -0.134. The maximum Gasteiger partial charge on any atom is 0.300 e. The Labute approximate surface area is 243 Å². The Morgan fingerprint density at radius 2 is 1.73 bits per heavy atom. The molecular weight excluding hydrogens is 536 g/mol. The van der Waals surface area contributed by atoms with E-state index in [1.807, 2.05) is 32.2 Å². The van der Waals surface area contributed by atoms with Crippen LogP contribution < -0.4 is 19.3 Å². The molecule has 2 atom stereocenters. The highest BCUT2D eigenvalue weighted by Crippen LogP contribution is 2.31. The van der Waals surface area contributed by atoms with E-state index in [1.54, 1.807) is 20.4 Å². The van der Waals surface area contributed by atoms with E-state index in [2.05, 4.69) is 32.8 Å². The van der Waals surface area contributed by atoms with E-state index < -0.39 is 5.97 Å². The quantitative estimate of drug-likeness (QED) is 0.378. The molecule has 0 amide bonds. The van der Waals surface area contributed by atoms with Crippen molar-refractivity contribution in [3.63, 3.8) is 0 Å². The van der Waals surface area contributed by atoms with Gasteiger partial charge in [0.25, 0.3) is 5.97 Å². The molecule has 0 aliphatic carbocycles. The van der Waals surface area contributed by atoms with Crippen LogP contribution >= 0.6 is 11.6 Å². The molecule has 1 unspecified atom stereocenters. The number of halogens is 1. The molecular formula is C29H45ClN4O6. The van der Waals surface area contributed by atoms with Gasteiger partial charge in [0.05, 0.1) is 42.0 Å². The summed E-state index contributed by atoms with van der Waals surface area (Å²) >= 11 is 6.36. The number of piperidine rings is 1. The van der Waals surface area contributed by atoms with E-state index in [0.717, 1.165) is 77.0 Å². The number of rotatable bonds is 10. The number of nitrogens with zero attached hydrogens (tertiary/aromatic N) is 4. The van der Waals surface area contributed by atoms with Gasteiger partial charge in [-0.2, -0.15) is 0 Å². The number of methoxy groups -OCH3 is 2. The van der Waals surface area contributed by atoms with Crippen molar-refractivity contribution in [1.29, 1.82) is 0 Å². The highest BCUT2D eigenvalue weighted by molar-refractivity contribution is 6.33. The summed E-state index contributed by atoms with van der Waals surface area (Å²) in [6.45, 7) is 12.4. The maximum absolute atomic E-state index is 9.00. The lowest BCUT2D eigenvalue weighted by atomic mass is 10.1. The summed E-state index contributed by atoms with van der Waals surface area (Å²) < 4.78 is 22.6. The van der Waals surface area contributed by atoms with Gasteiger partial charge in [0, 0.05) is 84.3 Å². The third-order valence-corrected chi connectivity index (χ3v) is 6.83. The van der Waals surface area contributed by atoms with Gasteiger partial charge in [-0.1, -0.05) is 32.4 Å². The van der Waals surface area contributed by atoms with Crippen LogP contribution in [-0.2, 0) is 14.3 Å². The normalized spacial score (nSPS) is 18.8. The molecule has 0 bridgehead atoms. The minimum absolute atomic E-state index is 0.133. The number of carbonyl (C=O) groups is 1. The predicted octanol–water partition coefficient (Wildman–Crippen LogP) is 5.18. The van der Waals surface area contributed by atoms with Gasteiger partial charge in [0.15, 0.2) is 0 Å². The van der Waals surface area contributed by atoms with Crippen LogP contribution in [0.2, 0.25) is 5.02 Å². The van der Waals surface area contributed by atoms with E-state index in [0.29, 0.717) is 22.7 Å². The van der Waals surface area contributed by atoms with Gasteiger partial charge in [-0.15, -0.1) is 0 Å². The first-order valence-corrected chi connectivity index (χ1v) is 14.3. The molecule has 0 saturated carbocycles. The van der Waals surface area contributed by atoms with Gasteiger partial charge in [0.1, 0.15) is 6.10 Å². The van der Waals surface area contributed by atoms with Crippen molar-refractivity contribution < 1.29 is 28.8 Å². The Bertz CT molecular complexity index is 1000. The standard InChI is InChI=1S/C25H35ClN4O4.C2H4O2.C2H6/c1-18-16-30(17-23(18)33-12-4-11-31-2)19-5-6-24(27-14-19)34-20-7-9-29(10-8-20)22-13-25(32-3)28-15-21(22)26;1-2(3)4;1-2/h5-6,13-15,18,20,23H,4,7-12,16-17H2,1-3H3;1H3,(H,3,4);1-2H3/t18?,23-;;/m0../s1. The molecule has 0 radical (unpaired) electrons. The summed E-state index contributed by atoms with van der Waals surface area (Å²) in [7, 11) is 3.33. The first kappa shape index (κ1) is 33.4. The third kappa shape index (κ3) is 10.6. The third-order valence-electron chi connectivity index (χ3n) is 6.54. The van der Waals surface area contributed by atoms with Crippen molar-refractivity contribution in [2.24, 2.45) is 5.92 Å². The molecule has 0 spiro atoms. The Balaban J connectivity index is 0.000000858. The molecule has 0 aromatic carbocycles. The van der Waals surface area contributed by atoms with Crippen LogP contribution in [0.25, 0.3) is 0 Å². The van der Waals surface area contributed by atoms with Crippen molar-refractivity contribution in [3.05, 3.63) is 35.6 Å². The smallest absolute Gasteiger partial charge is 0.300 e. The second-order valence-electron chi connectivity index (χ2n) is 9.49. The largest absolute Gasteiger partial charge is 0.481 e. The first-order chi connectivity index (χ1) is 19.3. The lowest BCUT2D eigenvalue weighted by Gasteiger charge is -2.34. The Kier molecular flexibility index (Phi) is 14.8. The van der Waals surface area contributed by atoms with E-state index in [1.165, 1.54) is 0 Å². The van der Waals surface area contributed by atoms with Crippen LogP contribution in [0.1, 0.15) is 47.0 Å². The predicted molar refractivity (Wildman–Crippen MR) is 158 cm³/mol. The van der Waals surface area contributed by atoms with Gasteiger partial charge in [-0.05, 0) is 12.5 Å². The Morgan fingerprint density at radius 3 is 2.33 bits per heavy atom. The van der Waals surface area contributed by atoms with Crippen molar-refractivity contribution >= 4 is 28.9 Å². The lowest BCUT2D eigenvalue weighted by Crippen LogP contribution is -2.38. The molecule has 2 aromatic rings. The zero-order valence-electron chi connectivity index (χ0n) is 24.6. The van der Waals surface area contributed by atoms with Crippen LogP contribution in [0.15, 0.2) is 30.6 Å². The summed E-state index contributed by atoms with van der Waals surface area (Å²) in [4.78, 5) is 22.3. The average Bonchev–Trinajstić information content (AvgIpc) is 3.33. The number of carboxylic acid groups (broad SMARTS) is 1. The van der Waals surface area contributed by atoms with Crippen LogP contribution in [0.3, 0.4) is 0 Å². The zero-order valence-corrected chi connectivity index (χ0v) is 25.4. The zero-order chi connectivity index (χ0) is 29.5. The van der Waals surface area contributed by atoms with Crippen LogP contribution in [0.4, 0.5) is 11.4 Å². The highest BCUT2D eigenvalue weighted by atomic mass is 35.5. The van der Waals surface area contributed by atoms with E-state index in [9.17, 15) is 0 Å². The maximum atomic E-state index is 9.00. The van der Waals surface area contributed by atoms with Crippen molar-refractivity contribution in [2.45, 2.75) is 59.2 Å². The van der Waals surface area contributed by atoms with E-state index in [-0.39, 0.29) is 12.2 Å². The van der Waals surface area contributed by atoms with Gasteiger partial charge in [0.2, 0.25) is 11.8 Å². The number of ether oxygens (including phenoxy) is 4. The second-order valence-corrected chi connectivity index (χ2v) is 9.90. The minimum atomic E-state index is -0.833. The Morgan fingerprint density at radius 1 is 1.05 bits per heavy atom. The fourth-order valence-electron chi connectivity index (χ4n) is 4.58. The highest BCUT2D eigenvalue weighted by Gasteiger charge is 2.30. The van der Waals surface area contributed by atoms with Gasteiger partial charge >= 0.3 is 0 Å². The van der Waals surface area contributed by atoms with Crippen LogP contribution in [0, 0.1) is 5.92 Å². The number of hydrogen-bond acceptors (Lipinski definition) is 9. The summed E-state index contributed by atoms with van der Waals surface area (Å²) in [5.41, 5.74) is 2.06. The Hall–Kier alpha value is -2.82. The van der Waals surface area contributed by atoms with Crippen molar-refractivity contribution in [1.82, 2.24) is 9.97 Å². The molecule has 2 saturated heterocycles. The fourth-order valence-corrected chi connectivity index (χ4v) is 4.80. The topological polar surface area (TPSA) is 106 Å². The molecule has 224 valence electrons. The molecule has 2 aliphatic rings. The first-order valence-electron chi connectivity index (χ1n) is 13.9. The van der Waals surface area contributed by atoms with Crippen molar-refractivity contribution in [3.8, 4) is 11.8 Å². The number of pyridine rings is 2. The van der Waals surface area contributed by atoms with Gasteiger partial charge in [-0.25, -0.2) is 9.97 Å². The summed E-state index contributed by atoms with van der Waals surface area (Å²) in [5, 5.41) is 8.05. The summed E-state index contributed by atoms with van der Waals surface area (Å²) in [5.74, 6) is 0.890. The molecule has 1 N–H and O–H groups in total. The van der Waals surface area contributed by atoms with Crippen molar-refractivity contribution in [2.75, 3.05) is 63.4 Å². The van der Waals surface area contributed by atoms with Crippen LogP contribution in [0.5, 0.6) is 11.8 Å². The molecule has 4 heterocycles. The van der Waals surface area contributed by atoms with Crippen LogP contribution in [-0.4, -0.2) is 86.9 Å². The number of anilines is 2. The molecule has 4 rings (SSSR count). The molecule has 2 aromatic heterocycles. The molecule has 2 fully saturated rings. The number of aromatic nitrogens is 2. The summed E-state index contributed by atoms with van der Waals surface area (Å²) in [6, 6.07) is 5.96. The number of carboxylic acids is 1.